The Hall–Kier alpha value is -1.67. The molecule has 22 heavy (non-hydrogen) atoms. The van der Waals surface area contributed by atoms with E-state index < -0.39 is 15.8 Å². The summed E-state index contributed by atoms with van der Waals surface area (Å²) in [6.45, 7) is 7.17. The SMILES string of the molecule is Cc1nc(NS(=O)(=O)c2ccc(OC(C)C)c(F)c2)sc1C. The maximum absolute atomic E-state index is 13.9. The van der Waals surface area contributed by atoms with E-state index in [9.17, 15) is 12.8 Å². The van der Waals surface area contributed by atoms with E-state index in [0.29, 0.717) is 0 Å². The van der Waals surface area contributed by atoms with Crippen molar-refractivity contribution >= 4 is 26.5 Å². The number of thiazole rings is 1. The molecule has 0 saturated carbocycles. The molecule has 0 spiro atoms. The first-order valence-electron chi connectivity index (χ1n) is 6.62. The lowest BCUT2D eigenvalue weighted by Crippen LogP contribution is -2.14. The number of aromatic nitrogens is 1. The van der Waals surface area contributed by atoms with Crippen LogP contribution in [0.25, 0.3) is 0 Å². The summed E-state index contributed by atoms with van der Waals surface area (Å²) >= 11 is 1.23. The summed E-state index contributed by atoms with van der Waals surface area (Å²) in [4.78, 5) is 4.86. The number of hydrogen-bond donors (Lipinski definition) is 1. The van der Waals surface area contributed by atoms with Gasteiger partial charge in [-0.2, -0.15) is 0 Å². The molecule has 5 nitrogen and oxygen atoms in total. The summed E-state index contributed by atoms with van der Waals surface area (Å²) in [6, 6.07) is 3.55. The molecule has 0 saturated heterocycles. The van der Waals surface area contributed by atoms with Gasteiger partial charge in [-0.15, -0.1) is 11.3 Å². The van der Waals surface area contributed by atoms with Gasteiger partial charge in [0, 0.05) is 4.88 Å². The van der Waals surface area contributed by atoms with Gasteiger partial charge in [0.15, 0.2) is 16.7 Å². The molecule has 0 amide bonds. The highest BCUT2D eigenvalue weighted by Gasteiger charge is 2.19. The fraction of sp³-hybridized carbons (Fsp3) is 0.357. The number of sulfonamides is 1. The smallest absolute Gasteiger partial charge is 0.263 e. The van der Waals surface area contributed by atoms with Crippen LogP contribution in [0.15, 0.2) is 23.1 Å². The Bertz CT molecular complexity index is 766. The van der Waals surface area contributed by atoms with Crippen LogP contribution in [-0.4, -0.2) is 19.5 Å². The van der Waals surface area contributed by atoms with E-state index >= 15 is 0 Å². The quantitative estimate of drug-likeness (QED) is 0.901. The van der Waals surface area contributed by atoms with Crippen LogP contribution >= 0.6 is 11.3 Å². The largest absolute Gasteiger partial charge is 0.488 e. The maximum atomic E-state index is 13.9. The predicted molar refractivity (Wildman–Crippen MR) is 84.6 cm³/mol. The van der Waals surface area contributed by atoms with Gasteiger partial charge in [0.25, 0.3) is 10.0 Å². The summed E-state index contributed by atoms with van der Waals surface area (Å²) < 4.78 is 46.0. The number of anilines is 1. The standard InChI is InChI=1S/C14H17FN2O3S2/c1-8(2)20-13-6-5-11(7-12(13)15)22(18,19)17-14-16-9(3)10(4)21-14/h5-8H,1-4H3,(H,16,17). The van der Waals surface area contributed by atoms with Crippen LogP contribution in [0.2, 0.25) is 0 Å². The minimum atomic E-state index is -3.88. The molecule has 120 valence electrons. The molecule has 0 aliphatic heterocycles. The van der Waals surface area contributed by atoms with Crippen LogP contribution in [0, 0.1) is 19.7 Å². The lowest BCUT2D eigenvalue weighted by molar-refractivity contribution is 0.231. The number of ether oxygens (including phenoxy) is 1. The van der Waals surface area contributed by atoms with Crippen LogP contribution in [0.3, 0.4) is 0 Å². The van der Waals surface area contributed by atoms with Crippen molar-refractivity contribution < 1.29 is 17.5 Å². The topological polar surface area (TPSA) is 68.3 Å². The first-order valence-corrected chi connectivity index (χ1v) is 8.92. The number of aryl methyl sites for hydroxylation is 2. The molecule has 8 heteroatoms. The van der Waals surface area contributed by atoms with E-state index in [-0.39, 0.29) is 21.9 Å². The molecular formula is C14H17FN2O3S2. The second-order valence-electron chi connectivity index (χ2n) is 5.02. The normalized spacial score (nSPS) is 11.7. The molecule has 2 rings (SSSR count). The molecule has 1 N–H and O–H groups in total. The van der Waals surface area contributed by atoms with Gasteiger partial charge in [0.1, 0.15) is 0 Å². The zero-order valence-corrected chi connectivity index (χ0v) is 14.3. The number of benzene rings is 1. The van der Waals surface area contributed by atoms with Gasteiger partial charge in [-0.05, 0) is 45.9 Å². The van der Waals surface area contributed by atoms with E-state index in [2.05, 4.69) is 9.71 Å². The summed E-state index contributed by atoms with van der Waals surface area (Å²) in [6.07, 6.45) is -0.198. The van der Waals surface area contributed by atoms with Crippen molar-refractivity contribution in [1.29, 1.82) is 0 Å². The summed E-state index contributed by atoms with van der Waals surface area (Å²) in [5.41, 5.74) is 0.759. The van der Waals surface area contributed by atoms with E-state index in [1.807, 2.05) is 6.92 Å². The first kappa shape index (κ1) is 16.7. The average molecular weight is 344 g/mol. The Morgan fingerprint density at radius 1 is 1.32 bits per heavy atom. The number of nitrogens with zero attached hydrogens (tertiary/aromatic N) is 1. The minimum Gasteiger partial charge on any atom is -0.488 e. The Morgan fingerprint density at radius 2 is 2.00 bits per heavy atom. The van der Waals surface area contributed by atoms with E-state index in [1.54, 1.807) is 20.8 Å². The number of nitrogens with one attached hydrogen (secondary N) is 1. The maximum Gasteiger partial charge on any atom is 0.263 e. The number of hydrogen-bond acceptors (Lipinski definition) is 5. The molecule has 2 aromatic rings. The van der Waals surface area contributed by atoms with Gasteiger partial charge in [0.05, 0.1) is 16.7 Å². The van der Waals surface area contributed by atoms with Crippen molar-refractivity contribution in [3.63, 3.8) is 0 Å². The van der Waals surface area contributed by atoms with Crippen molar-refractivity contribution in [3.05, 3.63) is 34.6 Å². The third-order valence-corrected chi connectivity index (χ3v) is 5.28. The molecule has 0 aliphatic carbocycles. The molecule has 0 unspecified atom stereocenters. The second-order valence-corrected chi connectivity index (χ2v) is 7.91. The van der Waals surface area contributed by atoms with Crippen molar-refractivity contribution in [3.8, 4) is 5.75 Å². The third-order valence-electron chi connectivity index (χ3n) is 2.83. The van der Waals surface area contributed by atoms with E-state index in [0.717, 1.165) is 16.6 Å². The fourth-order valence-corrected chi connectivity index (χ4v) is 3.75. The zero-order valence-electron chi connectivity index (χ0n) is 12.7. The monoisotopic (exact) mass is 344 g/mol. The van der Waals surface area contributed by atoms with E-state index in [4.69, 9.17) is 4.74 Å². The van der Waals surface area contributed by atoms with Gasteiger partial charge in [-0.3, -0.25) is 4.72 Å². The molecule has 1 aromatic heterocycles. The molecule has 1 aromatic carbocycles. The molecular weight excluding hydrogens is 327 g/mol. The van der Waals surface area contributed by atoms with Crippen LogP contribution in [0.4, 0.5) is 9.52 Å². The van der Waals surface area contributed by atoms with E-state index in [1.165, 1.54) is 23.5 Å². The summed E-state index contributed by atoms with van der Waals surface area (Å²) in [5.74, 6) is -0.696. The van der Waals surface area contributed by atoms with Crippen molar-refractivity contribution in [1.82, 2.24) is 4.98 Å². The lowest BCUT2D eigenvalue weighted by atomic mass is 10.3. The van der Waals surface area contributed by atoms with Crippen molar-refractivity contribution in [2.75, 3.05) is 4.72 Å². The minimum absolute atomic E-state index is 0.0230. The predicted octanol–water partition coefficient (Wildman–Crippen LogP) is 3.49. The van der Waals surface area contributed by atoms with Crippen LogP contribution in [-0.2, 0) is 10.0 Å². The Kier molecular flexibility index (Phi) is 4.72. The number of rotatable bonds is 5. The molecule has 0 radical (unpaired) electrons. The van der Waals surface area contributed by atoms with Crippen LogP contribution in [0.5, 0.6) is 5.75 Å². The summed E-state index contributed by atoms with van der Waals surface area (Å²) in [7, 11) is -3.88. The zero-order chi connectivity index (χ0) is 16.5. The Labute approximate surface area is 133 Å². The second kappa shape index (κ2) is 6.21. The summed E-state index contributed by atoms with van der Waals surface area (Å²) in [5, 5.41) is 0.262. The highest BCUT2D eigenvalue weighted by molar-refractivity contribution is 7.93. The van der Waals surface area contributed by atoms with Crippen LogP contribution in [0.1, 0.15) is 24.4 Å². The fourth-order valence-electron chi connectivity index (χ4n) is 1.69. The molecule has 1 heterocycles. The van der Waals surface area contributed by atoms with Crippen molar-refractivity contribution in [2.45, 2.75) is 38.7 Å². The van der Waals surface area contributed by atoms with Gasteiger partial charge < -0.3 is 4.74 Å². The highest BCUT2D eigenvalue weighted by Crippen LogP contribution is 2.26. The third kappa shape index (κ3) is 3.75. The first-order chi connectivity index (χ1) is 10.2. The van der Waals surface area contributed by atoms with Crippen LogP contribution < -0.4 is 9.46 Å². The van der Waals surface area contributed by atoms with Gasteiger partial charge in [-0.25, -0.2) is 17.8 Å². The average Bonchev–Trinajstić information content (AvgIpc) is 2.69. The molecule has 0 aliphatic rings. The molecule has 0 fully saturated rings. The van der Waals surface area contributed by atoms with Gasteiger partial charge in [-0.1, -0.05) is 0 Å². The highest BCUT2D eigenvalue weighted by atomic mass is 32.2. The molecule has 0 bridgehead atoms. The molecule has 0 atom stereocenters. The lowest BCUT2D eigenvalue weighted by Gasteiger charge is -2.11. The Morgan fingerprint density at radius 3 is 2.50 bits per heavy atom. The number of halogens is 1. The van der Waals surface area contributed by atoms with Gasteiger partial charge in [0.2, 0.25) is 0 Å². The van der Waals surface area contributed by atoms with Gasteiger partial charge >= 0.3 is 0 Å². The Balaban J connectivity index is 2.27. The van der Waals surface area contributed by atoms with Crippen molar-refractivity contribution in [2.24, 2.45) is 0 Å².